The molecule has 0 aromatic heterocycles. The van der Waals surface area contributed by atoms with E-state index in [9.17, 15) is 4.79 Å². The molecule has 3 aliphatic rings. The number of amides is 1. The van der Waals surface area contributed by atoms with Gasteiger partial charge in [0, 0.05) is 6.04 Å². The fourth-order valence-corrected chi connectivity index (χ4v) is 5.04. The molecule has 142 valence electrons. The molecule has 3 fully saturated rings. The van der Waals surface area contributed by atoms with Crippen LogP contribution in [0.4, 0.5) is 0 Å². The van der Waals surface area contributed by atoms with E-state index in [1.165, 1.54) is 56.9 Å². The van der Waals surface area contributed by atoms with Crippen LogP contribution in [0, 0.1) is 11.8 Å². The molecular formula is C22H32N2O2. The van der Waals surface area contributed by atoms with Crippen LogP contribution in [-0.4, -0.2) is 37.0 Å². The van der Waals surface area contributed by atoms with Crippen molar-refractivity contribution in [3.63, 3.8) is 0 Å². The highest BCUT2D eigenvalue weighted by molar-refractivity contribution is 5.78. The fourth-order valence-electron chi connectivity index (χ4n) is 5.04. The molecule has 4 rings (SSSR count). The van der Waals surface area contributed by atoms with E-state index in [1.54, 1.807) is 7.11 Å². The number of likely N-dealkylation sites (tertiary alicyclic amines) is 1. The van der Waals surface area contributed by atoms with E-state index in [1.807, 2.05) is 12.1 Å². The Morgan fingerprint density at radius 3 is 2.58 bits per heavy atom. The lowest BCUT2D eigenvalue weighted by Gasteiger charge is -2.44. The van der Waals surface area contributed by atoms with Gasteiger partial charge in [-0.05, 0) is 74.6 Å². The first kappa shape index (κ1) is 17.8. The Morgan fingerprint density at radius 2 is 1.85 bits per heavy atom. The quantitative estimate of drug-likeness (QED) is 0.840. The van der Waals surface area contributed by atoms with Gasteiger partial charge in [-0.25, -0.2) is 0 Å². The lowest BCUT2D eigenvalue weighted by atomic mass is 9.78. The molecule has 26 heavy (non-hydrogen) atoms. The summed E-state index contributed by atoms with van der Waals surface area (Å²) in [4.78, 5) is 15.3. The first-order chi connectivity index (χ1) is 12.7. The predicted octanol–water partition coefficient (Wildman–Crippen LogP) is 3.92. The Kier molecular flexibility index (Phi) is 5.49. The minimum absolute atomic E-state index is 0.153. The van der Waals surface area contributed by atoms with Gasteiger partial charge in [-0.15, -0.1) is 0 Å². The molecule has 1 aromatic rings. The Hall–Kier alpha value is -1.55. The molecule has 0 bridgehead atoms. The van der Waals surface area contributed by atoms with Gasteiger partial charge in [-0.2, -0.15) is 0 Å². The third-order valence-corrected chi connectivity index (χ3v) is 6.59. The highest BCUT2D eigenvalue weighted by atomic mass is 16.5. The normalized spacial score (nSPS) is 27.4. The number of rotatable bonds is 6. The van der Waals surface area contributed by atoms with E-state index in [0.717, 1.165) is 18.2 Å². The van der Waals surface area contributed by atoms with Crippen molar-refractivity contribution < 1.29 is 9.53 Å². The van der Waals surface area contributed by atoms with E-state index >= 15 is 0 Å². The van der Waals surface area contributed by atoms with Crippen molar-refractivity contribution >= 4 is 5.91 Å². The van der Waals surface area contributed by atoms with Crippen molar-refractivity contribution in [1.82, 2.24) is 10.2 Å². The van der Waals surface area contributed by atoms with Crippen molar-refractivity contribution in [3.05, 3.63) is 29.8 Å². The minimum atomic E-state index is 0.153. The molecule has 2 saturated carbocycles. The van der Waals surface area contributed by atoms with Gasteiger partial charge < -0.3 is 10.1 Å². The number of hydrogen-bond donors (Lipinski definition) is 1. The summed E-state index contributed by atoms with van der Waals surface area (Å²) in [5.41, 5.74) is 1.20. The molecule has 0 radical (unpaired) electrons. The summed E-state index contributed by atoms with van der Waals surface area (Å²) in [7, 11) is 1.69. The molecule has 1 N–H and O–H groups in total. The van der Waals surface area contributed by atoms with Crippen LogP contribution in [0.15, 0.2) is 24.3 Å². The summed E-state index contributed by atoms with van der Waals surface area (Å²) in [5.74, 6) is 2.48. The zero-order valence-corrected chi connectivity index (χ0v) is 16.0. The molecule has 4 heteroatoms. The Balaban J connectivity index is 1.38. The third kappa shape index (κ3) is 4.06. The number of hydrogen-bond acceptors (Lipinski definition) is 3. The lowest BCUT2D eigenvalue weighted by Crippen LogP contribution is -2.50. The number of nitrogens with zero attached hydrogens (tertiary/aromatic N) is 1. The summed E-state index contributed by atoms with van der Waals surface area (Å²) in [6.07, 6.45) is 10.4. The van der Waals surface area contributed by atoms with Crippen LogP contribution in [0.2, 0.25) is 0 Å². The molecule has 1 heterocycles. The predicted molar refractivity (Wildman–Crippen MR) is 103 cm³/mol. The van der Waals surface area contributed by atoms with Crippen molar-refractivity contribution in [1.29, 1.82) is 0 Å². The van der Waals surface area contributed by atoms with Crippen LogP contribution in [-0.2, 0) is 4.79 Å². The van der Waals surface area contributed by atoms with Gasteiger partial charge in [0.25, 0.3) is 0 Å². The van der Waals surface area contributed by atoms with E-state index in [4.69, 9.17) is 4.74 Å². The first-order valence-electron chi connectivity index (χ1n) is 10.4. The van der Waals surface area contributed by atoms with Crippen LogP contribution in [0.3, 0.4) is 0 Å². The number of benzene rings is 1. The molecular weight excluding hydrogens is 324 g/mol. The van der Waals surface area contributed by atoms with Gasteiger partial charge in [0.2, 0.25) is 5.91 Å². The molecule has 1 aliphatic heterocycles. The van der Waals surface area contributed by atoms with Gasteiger partial charge in [-0.3, -0.25) is 9.69 Å². The number of ether oxygens (including phenoxy) is 1. The van der Waals surface area contributed by atoms with Crippen molar-refractivity contribution in [2.75, 3.05) is 20.2 Å². The number of piperidine rings is 1. The second-order valence-electron chi connectivity index (χ2n) is 8.38. The van der Waals surface area contributed by atoms with Gasteiger partial charge in [0.1, 0.15) is 5.75 Å². The SMILES string of the molecule is COc1ccc([C@H](NC(=O)CN2CCC[C@@H]3CCCC[C@@H]32)C2CC2)cc1. The molecule has 0 spiro atoms. The zero-order valence-electron chi connectivity index (χ0n) is 16.0. The number of carbonyl (C=O) groups is 1. The Morgan fingerprint density at radius 1 is 1.12 bits per heavy atom. The minimum Gasteiger partial charge on any atom is -0.497 e. The van der Waals surface area contributed by atoms with Crippen LogP contribution in [0.1, 0.15) is 63.0 Å². The number of carbonyl (C=O) groups excluding carboxylic acids is 1. The van der Waals surface area contributed by atoms with Gasteiger partial charge >= 0.3 is 0 Å². The third-order valence-electron chi connectivity index (χ3n) is 6.59. The van der Waals surface area contributed by atoms with Crippen LogP contribution < -0.4 is 10.1 Å². The molecule has 3 atom stereocenters. The summed E-state index contributed by atoms with van der Waals surface area (Å²) in [5, 5.41) is 3.35. The highest BCUT2D eigenvalue weighted by Crippen LogP contribution is 2.41. The lowest BCUT2D eigenvalue weighted by molar-refractivity contribution is -0.124. The number of nitrogens with one attached hydrogen (secondary N) is 1. The van der Waals surface area contributed by atoms with Crippen LogP contribution >= 0.6 is 0 Å². The van der Waals surface area contributed by atoms with Gasteiger partial charge in [0.15, 0.2) is 0 Å². The topological polar surface area (TPSA) is 41.6 Å². The van der Waals surface area contributed by atoms with E-state index in [0.29, 0.717) is 18.5 Å². The maximum atomic E-state index is 12.8. The van der Waals surface area contributed by atoms with E-state index in [2.05, 4.69) is 22.3 Å². The summed E-state index contributed by atoms with van der Waals surface area (Å²) in [6, 6.07) is 8.98. The maximum absolute atomic E-state index is 12.8. The van der Waals surface area contributed by atoms with E-state index < -0.39 is 0 Å². The van der Waals surface area contributed by atoms with Crippen LogP contribution in [0.25, 0.3) is 0 Å². The van der Waals surface area contributed by atoms with Crippen molar-refractivity contribution in [2.24, 2.45) is 11.8 Å². The van der Waals surface area contributed by atoms with Crippen molar-refractivity contribution in [2.45, 2.75) is 63.5 Å². The summed E-state index contributed by atoms with van der Waals surface area (Å²) in [6.45, 7) is 1.66. The van der Waals surface area contributed by atoms with Crippen molar-refractivity contribution in [3.8, 4) is 5.75 Å². The zero-order chi connectivity index (χ0) is 17.9. The number of fused-ring (bicyclic) bond motifs is 1. The molecule has 1 amide bonds. The molecule has 0 unspecified atom stereocenters. The highest BCUT2D eigenvalue weighted by Gasteiger charge is 2.36. The molecule has 2 aliphatic carbocycles. The van der Waals surface area contributed by atoms with Gasteiger partial charge in [0.05, 0.1) is 19.7 Å². The smallest absolute Gasteiger partial charge is 0.234 e. The maximum Gasteiger partial charge on any atom is 0.234 e. The largest absolute Gasteiger partial charge is 0.497 e. The first-order valence-corrected chi connectivity index (χ1v) is 10.4. The monoisotopic (exact) mass is 356 g/mol. The van der Waals surface area contributed by atoms with Gasteiger partial charge in [-0.1, -0.05) is 25.0 Å². The van der Waals surface area contributed by atoms with Crippen LogP contribution in [0.5, 0.6) is 5.75 Å². The molecule has 1 aromatic carbocycles. The summed E-state index contributed by atoms with van der Waals surface area (Å²) >= 11 is 0. The number of methoxy groups -OCH3 is 1. The molecule has 4 nitrogen and oxygen atoms in total. The second-order valence-corrected chi connectivity index (χ2v) is 8.38. The summed E-state index contributed by atoms with van der Waals surface area (Å²) < 4.78 is 5.26. The fraction of sp³-hybridized carbons (Fsp3) is 0.682. The average Bonchev–Trinajstić information content (AvgIpc) is 3.52. The molecule has 1 saturated heterocycles. The standard InChI is InChI=1S/C22H32N2O2/c1-26-19-12-10-18(11-13-19)22(17-8-9-17)23-21(25)15-24-14-4-6-16-5-2-3-7-20(16)24/h10-13,16-17,20,22H,2-9,14-15H2,1H3,(H,23,25)/t16-,20-,22+/m0/s1. The Bertz CT molecular complexity index is 609. The Labute approximate surface area is 157 Å². The van der Waals surface area contributed by atoms with E-state index in [-0.39, 0.29) is 11.9 Å². The second kappa shape index (κ2) is 7.99. The average molecular weight is 357 g/mol.